The minimum Gasteiger partial charge on any atom is -0.422 e. The van der Waals surface area contributed by atoms with Crippen molar-refractivity contribution in [3.05, 3.63) is 87.9 Å². The van der Waals surface area contributed by atoms with Crippen LogP contribution in [0.5, 0.6) is 0 Å². The Bertz CT molecular complexity index is 1160. The molecule has 0 bridgehead atoms. The van der Waals surface area contributed by atoms with E-state index < -0.39 is 5.69 Å². The third kappa shape index (κ3) is 4.00. The van der Waals surface area contributed by atoms with E-state index in [-0.39, 0.29) is 22.6 Å². The van der Waals surface area contributed by atoms with E-state index in [4.69, 9.17) is 11.6 Å². The van der Waals surface area contributed by atoms with Gasteiger partial charge in [0.15, 0.2) is 5.65 Å². The summed E-state index contributed by atoms with van der Waals surface area (Å²) in [6, 6.07) is 19.2. The Morgan fingerprint density at radius 1 is 1.00 bits per heavy atom. The van der Waals surface area contributed by atoms with Crippen LogP contribution in [0.3, 0.4) is 0 Å². The highest BCUT2D eigenvalue weighted by Crippen LogP contribution is 2.22. The highest BCUT2D eigenvalue weighted by molar-refractivity contribution is 8.93. The second-order valence-electron chi connectivity index (χ2n) is 5.99. The summed E-state index contributed by atoms with van der Waals surface area (Å²) in [5.41, 5.74) is 2.59. The quantitative estimate of drug-likeness (QED) is 0.438. The third-order valence-corrected chi connectivity index (χ3v) is 4.47. The summed E-state index contributed by atoms with van der Waals surface area (Å²) in [6.07, 6.45) is 1.51. The number of anilines is 1. The largest absolute Gasteiger partial charge is 0.422 e. The molecule has 0 saturated carbocycles. The number of nitrogens with zero attached hydrogens (tertiary/aromatic N) is 3. The Morgan fingerprint density at radius 2 is 1.64 bits per heavy atom. The molecule has 142 valence electrons. The molecule has 0 radical (unpaired) electrons. The number of benzene rings is 2. The van der Waals surface area contributed by atoms with Crippen LogP contribution >= 0.6 is 28.6 Å². The minimum absolute atomic E-state index is 0. The van der Waals surface area contributed by atoms with Crippen LogP contribution < -0.4 is 11.0 Å². The Balaban J connectivity index is 0.00000225. The maximum Gasteiger partial charge on any atom is 0.384 e. The van der Waals surface area contributed by atoms with Crippen molar-refractivity contribution >= 4 is 45.4 Å². The molecule has 2 aromatic carbocycles. The van der Waals surface area contributed by atoms with Gasteiger partial charge in [0.05, 0.1) is 5.39 Å². The fourth-order valence-corrected chi connectivity index (χ4v) is 2.95. The molecule has 4 aromatic rings. The molecule has 0 amide bonds. The lowest BCUT2D eigenvalue weighted by Crippen LogP contribution is -2.23. The summed E-state index contributed by atoms with van der Waals surface area (Å²) >= 11 is 5.93. The molecule has 2 aromatic heterocycles. The van der Waals surface area contributed by atoms with Crippen molar-refractivity contribution < 1.29 is 5.21 Å². The molecule has 0 fully saturated rings. The molecule has 0 aliphatic carbocycles. The first-order chi connectivity index (χ1) is 13.1. The maximum atomic E-state index is 11.8. The second kappa shape index (κ2) is 8.41. The molecule has 28 heavy (non-hydrogen) atoms. The Morgan fingerprint density at radius 3 is 2.32 bits per heavy atom. The molecule has 0 aliphatic rings. The highest BCUT2D eigenvalue weighted by atomic mass is 79.9. The molecule has 0 aliphatic heterocycles. The first-order valence-electron chi connectivity index (χ1n) is 8.27. The summed E-state index contributed by atoms with van der Waals surface area (Å²) in [4.78, 5) is 19.7. The lowest BCUT2D eigenvalue weighted by Gasteiger charge is -2.10. The Kier molecular flexibility index (Phi) is 5.96. The number of hydrogen-bond donors (Lipinski definition) is 2. The van der Waals surface area contributed by atoms with Crippen molar-refractivity contribution in [2.75, 3.05) is 5.32 Å². The summed E-state index contributed by atoms with van der Waals surface area (Å²) in [5.74, 6) is 0.384. The normalized spacial score (nSPS) is 10.5. The summed E-state index contributed by atoms with van der Waals surface area (Å²) in [7, 11) is 0. The van der Waals surface area contributed by atoms with Crippen LogP contribution in [-0.2, 0) is 6.54 Å². The minimum atomic E-state index is -0.776. The summed E-state index contributed by atoms with van der Waals surface area (Å²) in [6.45, 7) is 0.479. The van der Waals surface area contributed by atoms with E-state index in [1.807, 2.05) is 48.5 Å². The van der Waals surface area contributed by atoms with E-state index in [9.17, 15) is 10.0 Å². The number of nitrogens with one attached hydrogen (secondary N) is 1. The van der Waals surface area contributed by atoms with E-state index in [0.29, 0.717) is 27.5 Å². The summed E-state index contributed by atoms with van der Waals surface area (Å²) in [5, 5.41) is 14.2. The molecular formula is C20H16BrClN4O2. The van der Waals surface area contributed by atoms with E-state index in [1.165, 1.54) is 6.20 Å². The fraction of sp³-hybridized carbons (Fsp3) is 0.0500. The zero-order valence-electron chi connectivity index (χ0n) is 14.5. The monoisotopic (exact) mass is 458 g/mol. The predicted molar refractivity (Wildman–Crippen MR) is 116 cm³/mol. The van der Waals surface area contributed by atoms with Gasteiger partial charge in [-0.1, -0.05) is 48.0 Å². The zero-order chi connectivity index (χ0) is 18.8. The Hall–Kier alpha value is -2.90. The van der Waals surface area contributed by atoms with E-state index in [0.717, 1.165) is 16.7 Å². The van der Waals surface area contributed by atoms with Gasteiger partial charge in [-0.25, -0.2) is 9.78 Å². The van der Waals surface area contributed by atoms with Crippen molar-refractivity contribution in [2.45, 2.75) is 6.54 Å². The molecule has 0 saturated heterocycles. The van der Waals surface area contributed by atoms with Gasteiger partial charge in [-0.15, -0.1) is 21.7 Å². The first-order valence-corrected chi connectivity index (χ1v) is 8.65. The van der Waals surface area contributed by atoms with Crippen LogP contribution in [0.1, 0.15) is 5.56 Å². The van der Waals surface area contributed by atoms with Crippen LogP contribution in [0.25, 0.3) is 22.2 Å². The van der Waals surface area contributed by atoms with Crippen LogP contribution in [0.15, 0.2) is 71.7 Å². The summed E-state index contributed by atoms with van der Waals surface area (Å²) < 4.78 is 0.446. The second-order valence-corrected chi connectivity index (χ2v) is 6.42. The van der Waals surface area contributed by atoms with Crippen molar-refractivity contribution in [1.82, 2.24) is 14.7 Å². The van der Waals surface area contributed by atoms with Crippen LogP contribution in [-0.4, -0.2) is 19.9 Å². The van der Waals surface area contributed by atoms with Gasteiger partial charge in [-0.05, 0) is 41.0 Å². The standard InChI is InChI=1S/C20H15ClN4O2.BrH/c21-16-9-7-15(8-10-16)14-5-3-13(4-6-14)12-23-18-17-2-1-11-22-19(17)25(27)20(26)24-18;/h1-11,27H,12H2,(H,23,24,26);1H. The van der Waals surface area contributed by atoms with Crippen LogP contribution in [0.2, 0.25) is 5.02 Å². The SMILES string of the molecule is Br.O=c1nc(NCc2ccc(-c3ccc(Cl)cc3)cc2)c2cccnc2n1O. The topological polar surface area (TPSA) is 80.0 Å². The number of aromatic nitrogens is 3. The number of rotatable bonds is 4. The van der Waals surface area contributed by atoms with Crippen LogP contribution in [0.4, 0.5) is 5.82 Å². The van der Waals surface area contributed by atoms with Gasteiger partial charge < -0.3 is 10.5 Å². The van der Waals surface area contributed by atoms with E-state index >= 15 is 0 Å². The molecule has 2 heterocycles. The van der Waals surface area contributed by atoms with Gasteiger partial charge in [0, 0.05) is 17.8 Å². The first kappa shape index (κ1) is 19.9. The molecule has 0 unspecified atom stereocenters. The third-order valence-electron chi connectivity index (χ3n) is 4.22. The van der Waals surface area contributed by atoms with Crippen molar-refractivity contribution in [1.29, 1.82) is 0 Å². The molecule has 2 N–H and O–H groups in total. The average Bonchev–Trinajstić information content (AvgIpc) is 2.71. The van der Waals surface area contributed by atoms with E-state index in [1.54, 1.807) is 12.1 Å². The van der Waals surface area contributed by atoms with Gasteiger partial charge in [0.1, 0.15) is 5.82 Å². The lowest BCUT2D eigenvalue weighted by molar-refractivity contribution is 0.182. The number of fused-ring (bicyclic) bond motifs is 1. The van der Waals surface area contributed by atoms with E-state index in [2.05, 4.69) is 15.3 Å². The average molecular weight is 460 g/mol. The smallest absolute Gasteiger partial charge is 0.384 e. The molecule has 6 nitrogen and oxygen atoms in total. The van der Waals surface area contributed by atoms with Gasteiger partial charge in [0.2, 0.25) is 0 Å². The molecule has 4 rings (SSSR count). The van der Waals surface area contributed by atoms with Gasteiger partial charge in [-0.2, -0.15) is 4.98 Å². The van der Waals surface area contributed by atoms with Gasteiger partial charge in [-0.3, -0.25) is 0 Å². The van der Waals surface area contributed by atoms with Crippen molar-refractivity contribution in [2.24, 2.45) is 0 Å². The number of pyridine rings is 1. The highest BCUT2D eigenvalue weighted by Gasteiger charge is 2.10. The number of hydrogen-bond acceptors (Lipinski definition) is 5. The Labute approximate surface area is 176 Å². The van der Waals surface area contributed by atoms with Gasteiger partial charge in [0.25, 0.3) is 0 Å². The maximum absolute atomic E-state index is 11.8. The lowest BCUT2D eigenvalue weighted by atomic mass is 10.0. The predicted octanol–water partition coefficient (Wildman–Crippen LogP) is 4.54. The van der Waals surface area contributed by atoms with Crippen LogP contribution in [0, 0.1) is 0 Å². The number of halogens is 2. The molecule has 0 spiro atoms. The fourth-order valence-electron chi connectivity index (χ4n) is 2.82. The molecule has 8 heteroatoms. The van der Waals surface area contributed by atoms with Gasteiger partial charge >= 0.3 is 5.69 Å². The van der Waals surface area contributed by atoms with Crippen molar-refractivity contribution in [3.8, 4) is 11.1 Å². The van der Waals surface area contributed by atoms with Crippen molar-refractivity contribution in [3.63, 3.8) is 0 Å². The molecule has 0 atom stereocenters. The molecular weight excluding hydrogens is 444 g/mol. The zero-order valence-corrected chi connectivity index (χ0v) is 17.0.